The number of fused-ring (bicyclic) bond motifs is 1. The Bertz CT molecular complexity index is 1860. The van der Waals surface area contributed by atoms with Crippen LogP contribution in [0.25, 0.3) is 33.0 Å². The number of nitrogens with zero attached hydrogens (tertiary/aromatic N) is 5. The molecule has 0 spiro atoms. The van der Waals surface area contributed by atoms with Gasteiger partial charge in [0, 0.05) is 54.7 Å². The van der Waals surface area contributed by atoms with Crippen molar-refractivity contribution >= 4 is 34.0 Å². The van der Waals surface area contributed by atoms with Gasteiger partial charge in [-0.1, -0.05) is 17.4 Å². The number of nitrogens with one attached hydrogen (secondary N) is 2. The first-order chi connectivity index (χ1) is 19.1. The fraction of sp³-hybridized carbons (Fsp3) is 0.111. The Morgan fingerprint density at radius 3 is 2.52 bits per heavy atom. The highest BCUT2D eigenvalue weighted by atomic mass is 32.1. The number of rotatable bonds is 6. The number of anilines is 2. The minimum absolute atomic E-state index is 0.0900. The minimum atomic E-state index is -4.66. The molecular formula is C27H19F4N7OS. The Hall–Kier alpha value is -4.78. The second kappa shape index (κ2) is 9.75. The molecule has 2 N–H and O–H groups in total. The highest BCUT2D eigenvalue weighted by Crippen LogP contribution is 2.40. The van der Waals surface area contributed by atoms with Crippen LogP contribution in [-0.2, 0) is 13.2 Å². The molecule has 6 rings (SSSR count). The Kier molecular flexibility index (Phi) is 6.22. The van der Waals surface area contributed by atoms with Crippen LogP contribution in [0.5, 0.6) is 11.5 Å². The lowest BCUT2D eigenvalue weighted by molar-refractivity contribution is -0.137. The van der Waals surface area contributed by atoms with Gasteiger partial charge in [-0.05, 0) is 37.3 Å². The molecule has 40 heavy (non-hydrogen) atoms. The van der Waals surface area contributed by atoms with E-state index in [1.54, 1.807) is 48.3 Å². The number of benzene rings is 2. The summed E-state index contributed by atoms with van der Waals surface area (Å²) < 4.78 is 62.7. The second-order valence-corrected chi connectivity index (χ2v) is 9.88. The fourth-order valence-corrected chi connectivity index (χ4v) is 4.90. The van der Waals surface area contributed by atoms with Crippen LogP contribution in [0.4, 0.5) is 29.2 Å². The molecule has 0 fully saturated rings. The predicted octanol–water partition coefficient (Wildman–Crippen LogP) is 7.48. The zero-order valence-electron chi connectivity index (χ0n) is 20.9. The summed E-state index contributed by atoms with van der Waals surface area (Å²) >= 11 is 0.554. The summed E-state index contributed by atoms with van der Waals surface area (Å²) in [6.07, 6.45) is -0.232. The number of aryl methyl sites for hydroxylation is 2. The molecule has 8 nitrogen and oxygen atoms in total. The summed E-state index contributed by atoms with van der Waals surface area (Å²) in [5.41, 5.74) is 1.98. The number of halogens is 4. The largest absolute Gasteiger partial charge is 0.457 e. The Morgan fingerprint density at radius 2 is 1.80 bits per heavy atom. The molecule has 4 aromatic heterocycles. The van der Waals surface area contributed by atoms with Crippen LogP contribution in [0.1, 0.15) is 11.3 Å². The van der Waals surface area contributed by atoms with E-state index in [0.717, 1.165) is 23.5 Å². The van der Waals surface area contributed by atoms with Crippen molar-refractivity contribution in [2.45, 2.75) is 13.1 Å². The van der Waals surface area contributed by atoms with Gasteiger partial charge in [0.1, 0.15) is 17.2 Å². The molecule has 13 heteroatoms. The number of pyridine rings is 1. The van der Waals surface area contributed by atoms with E-state index in [1.807, 2.05) is 13.0 Å². The van der Waals surface area contributed by atoms with E-state index in [0.29, 0.717) is 45.8 Å². The molecule has 0 radical (unpaired) electrons. The molecule has 6 aromatic rings. The first-order valence-electron chi connectivity index (χ1n) is 11.9. The van der Waals surface area contributed by atoms with Gasteiger partial charge in [-0.3, -0.25) is 4.98 Å². The molecule has 4 heterocycles. The molecule has 0 atom stereocenters. The summed E-state index contributed by atoms with van der Waals surface area (Å²) in [4.78, 5) is 19.8. The highest BCUT2D eigenvalue weighted by Gasteiger charge is 2.34. The molecule has 0 bridgehead atoms. The van der Waals surface area contributed by atoms with Crippen LogP contribution < -0.4 is 10.1 Å². The first-order valence-corrected chi connectivity index (χ1v) is 12.7. The second-order valence-electron chi connectivity index (χ2n) is 8.90. The molecule has 0 saturated heterocycles. The van der Waals surface area contributed by atoms with Crippen LogP contribution in [0.15, 0.2) is 67.1 Å². The lowest BCUT2D eigenvalue weighted by Crippen LogP contribution is -2.08. The molecule has 0 saturated carbocycles. The summed E-state index contributed by atoms with van der Waals surface area (Å²) in [6.45, 7) is 1.90. The SMILES string of the molecule is Cc1cnc(-c2cc(Oc3ccc4c(c3)nc(Nc3ccc(-c5cnc(F)s5)c(C(F)(F)F)c3)n4C)ccn2)[nH]1. The zero-order chi connectivity index (χ0) is 28.0. The summed E-state index contributed by atoms with van der Waals surface area (Å²) in [5.74, 6) is 2.02. The standard InChI is InChI=1S/C27H19F4N7OS/c1-14-12-33-24(35-14)21-11-17(7-8-32-21)39-16-4-6-22-20(10-16)37-26(38(22)2)36-15-3-5-18(19(9-15)27(29,30)31)23-13-34-25(28)40-23/h3-13H,1-2H3,(H,33,35)(H,36,37). The third-order valence-electron chi connectivity index (χ3n) is 6.09. The average Bonchev–Trinajstić information content (AvgIpc) is 3.63. The minimum Gasteiger partial charge on any atom is -0.457 e. The van der Waals surface area contributed by atoms with Gasteiger partial charge in [-0.2, -0.15) is 17.6 Å². The van der Waals surface area contributed by atoms with E-state index in [2.05, 4.69) is 30.2 Å². The van der Waals surface area contributed by atoms with E-state index >= 15 is 0 Å². The van der Waals surface area contributed by atoms with Gasteiger partial charge >= 0.3 is 6.18 Å². The number of ether oxygens (including phenoxy) is 1. The maximum absolute atomic E-state index is 13.9. The van der Waals surface area contributed by atoms with Gasteiger partial charge in [0.05, 0.1) is 21.5 Å². The topological polar surface area (TPSA) is 93.5 Å². The molecular weight excluding hydrogens is 546 g/mol. The Balaban J connectivity index is 1.27. The van der Waals surface area contributed by atoms with Gasteiger partial charge in [0.15, 0.2) is 5.82 Å². The number of alkyl halides is 3. The van der Waals surface area contributed by atoms with Crippen molar-refractivity contribution in [3.63, 3.8) is 0 Å². The Morgan fingerprint density at radius 1 is 0.975 bits per heavy atom. The van der Waals surface area contributed by atoms with E-state index in [-0.39, 0.29) is 16.1 Å². The molecule has 0 aliphatic rings. The van der Waals surface area contributed by atoms with Crippen molar-refractivity contribution in [2.24, 2.45) is 7.05 Å². The van der Waals surface area contributed by atoms with Crippen molar-refractivity contribution in [3.05, 3.63) is 83.6 Å². The van der Waals surface area contributed by atoms with E-state index in [9.17, 15) is 17.6 Å². The van der Waals surface area contributed by atoms with Gasteiger partial charge in [0.25, 0.3) is 5.26 Å². The maximum atomic E-state index is 13.9. The lowest BCUT2D eigenvalue weighted by Gasteiger charge is -2.14. The number of aromatic nitrogens is 6. The highest BCUT2D eigenvalue weighted by molar-refractivity contribution is 7.13. The summed E-state index contributed by atoms with van der Waals surface area (Å²) in [6, 6.07) is 12.5. The summed E-state index contributed by atoms with van der Waals surface area (Å²) in [7, 11) is 1.75. The Labute approximate surface area is 228 Å². The number of H-pyrrole nitrogens is 1. The lowest BCUT2D eigenvalue weighted by atomic mass is 10.0. The van der Waals surface area contributed by atoms with Crippen LogP contribution in [0.3, 0.4) is 0 Å². The van der Waals surface area contributed by atoms with Gasteiger partial charge in [-0.25, -0.2) is 15.0 Å². The van der Waals surface area contributed by atoms with Gasteiger partial charge in [-0.15, -0.1) is 0 Å². The normalized spacial score (nSPS) is 11.8. The quantitative estimate of drug-likeness (QED) is 0.203. The third kappa shape index (κ3) is 4.98. The average molecular weight is 566 g/mol. The number of thiazole rings is 1. The van der Waals surface area contributed by atoms with Crippen LogP contribution >= 0.6 is 11.3 Å². The molecule has 0 unspecified atom stereocenters. The van der Waals surface area contributed by atoms with Gasteiger partial charge in [0.2, 0.25) is 5.95 Å². The van der Waals surface area contributed by atoms with E-state index < -0.39 is 17.0 Å². The zero-order valence-corrected chi connectivity index (χ0v) is 21.7. The van der Waals surface area contributed by atoms with E-state index in [4.69, 9.17) is 4.74 Å². The monoisotopic (exact) mass is 565 g/mol. The number of aromatic amines is 1. The number of imidazole rings is 2. The molecule has 0 aliphatic carbocycles. The summed E-state index contributed by atoms with van der Waals surface area (Å²) in [5, 5.41) is 2.16. The van der Waals surface area contributed by atoms with E-state index in [1.165, 1.54) is 12.1 Å². The van der Waals surface area contributed by atoms with Crippen molar-refractivity contribution in [2.75, 3.05) is 5.32 Å². The van der Waals surface area contributed by atoms with Crippen LogP contribution in [0.2, 0.25) is 0 Å². The van der Waals surface area contributed by atoms with Crippen molar-refractivity contribution in [1.82, 2.24) is 29.5 Å². The fourth-order valence-electron chi connectivity index (χ4n) is 4.22. The molecule has 202 valence electrons. The van der Waals surface area contributed by atoms with Gasteiger partial charge < -0.3 is 19.6 Å². The third-order valence-corrected chi connectivity index (χ3v) is 6.91. The van der Waals surface area contributed by atoms with Crippen molar-refractivity contribution < 1.29 is 22.3 Å². The number of hydrogen-bond acceptors (Lipinski definition) is 7. The molecule has 2 aromatic carbocycles. The van der Waals surface area contributed by atoms with Crippen LogP contribution in [-0.4, -0.2) is 29.5 Å². The predicted molar refractivity (Wildman–Crippen MR) is 143 cm³/mol. The van der Waals surface area contributed by atoms with Crippen LogP contribution in [0, 0.1) is 12.2 Å². The first kappa shape index (κ1) is 25.5. The number of hydrogen-bond donors (Lipinski definition) is 2. The molecule has 0 amide bonds. The smallest absolute Gasteiger partial charge is 0.417 e. The van der Waals surface area contributed by atoms with Crippen molar-refractivity contribution in [3.8, 4) is 33.5 Å². The van der Waals surface area contributed by atoms with Crippen molar-refractivity contribution in [1.29, 1.82) is 0 Å². The molecule has 0 aliphatic heterocycles. The maximum Gasteiger partial charge on any atom is 0.417 e.